The fourth-order valence-corrected chi connectivity index (χ4v) is 2.01. The van der Waals surface area contributed by atoms with E-state index in [0.29, 0.717) is 5.69 Å². The van der Waals surface area contributed by atoms with Crippen LogP contribution in [0.2, 0.25) is 0 Å². The van der Waals surface area contributed by atoms with Gasteiger partial charge < -0.3 is 5.11 Å². The highest BCUT2D eigenvalue weighted by Gasteiger charge is 2.12. The Hall–Kier alpha value is -2.62. The maximum Gasteiger partial charge on any atom is 0.337 e. The minimum Gasteiger partial charge on any atom is -0.478 e. The Kier molecular flexibility index (Phi) is 4.61. The first-order valence-electron chi connectivity index (χ1n) is 7.10. The fourth-order valence-electron chi connectivity index (χ4n) is 2.01. The van der Waals surface area contributed by atoms with Crippen molar-refractivity contribution in [3.05, 3.63) is 65.2 Å². The van der Waals surface area contributed by atoms with E-state index in [-0.39, 0.29) is 11.0 Å². The molecule has 2 aromatic rings. The smallest absolute Gasteiger partial charge is 0.337 e. The normalized spacial score (nSPS) is 11.6. The Morgan fingerprint density at radius 2 is 1.73 bits per heavy atom. The molecule has 0 fully saturated rings. The molecule has 0 saturated heterocycles. The van der Waals surface area contributed by atoms with E-state index in [1.165, 1.54) is 11.6 Å². The third kappa shape index (κ3) is 3.95. The second-order valence-corrected chi connectivity index (χ2v) is 6.09. The maximum atomic E-state index is 11.1. The molecule has 2 N–H and O–H groups in total. The lowest BCUT2D eigenvalue weighted by atomic mass is 9.87. The van der Waals surface area contributed by atoms with Crippen LogP contribution in [-0.2, 0) is 5.41 Å². The molecule has 22 heavy (non-hydrogen) atoms. The summed E-state index contributed by atoms with van der Waals surface area (Å²) in [4.78, 5) is 11.1. The number of carbonyl (C=O) groups is 1. The highest BCUT2D eigenvalue weighted by atomic mass is 16.4. The van der Waals surface area contributed by atoms with Gasteiger partial charge in [0.15, 0.2) is 0 Å². The van der Waals surface area contributed by atoms with Crippen LogP contribution in [0.15, 0.2) is 53.6 Å². The molecule has 0 heterocycles. The van der Waals surface area contributed by atoms with E-state index in [1.54, 1.807) is 24.4 Å². The van der Waals surface area contributed by atoms with Crippen molar-refractivity contribution in [2.45, 2.75) is 26.2 Å². The zero-order chi connectivity index (χ0) is 16.2. The maximum absolute atomic E-state index is 11.1. The monoisotopic (exact) mass is 296 g/mol. The van der Waals surface area contributed by atoms with Gasteiger partial charge in [-0.15, -0.1) is 0 Å². The number of nitrogens with zero attached hydrogens (tertiary/aromatic N) is 1. The number of hydrogen-bond donors (Lipinski definition) is 2. The minimum atomic E-state index is -0.979. The Labute approximate surface area is 130 Å². The number of nitrogens with one attached hydrogen (secondary N) is 1. The van der Waals surface area contributed by atoms with E-state index in [0.717, 1.165) is 5.56 Å². The number of rotatable bonds is 4. The second-order valence-electron chi connectivity index (χ2n) is 6.09. The van der Waals surface area contributed by atoms with Crippen molar-refractivity contribution >= 4 is 17.9 Å². The molecule has 0 aliphatic rings. The van der Waals surface area contributed by atoms with E-state index in [9.17, 15) is 4.79 Å². The third-order valence-corrected chi connectivity index (χ3v) is 3.33. The first kappa shape index (κ1) is 15.8. The zero-order valence-corrected chi connectivity index (χ0v) is 13.0. The van der Waals surface area contributed by atoms with E-state index in [1.807, 2.05) is 12.1 Å². The average Bonchev–Trinajstić information content (AvgIpc) is 2.47. The molecule has 0 aromatic heterocycles. The number of para-hydroxylation sites is 1. The number of hydrogen-bond acceptors (Lipinski definition) is 3. The molecule has 0 radical (unpaired) electrons. The molecule has 0 unspecified atom stereocenters. The van der Waals surface area contributed by atoms with E-state index in [2.05, 4.69) is 43.4 Å². The number of benzene rings is 2. The predicted molar refractivity (Wildman–Crippen MR) is 89.8 cm³/mol. The van der Waals surface area contributed by atoms with Gasteiger partial charge in [0, 0.05) is 0 Å². The molecule has 0 bridgehead atoms. The molecule has 114 valence electrons. The number of aromatic carboxylic acids is 1. The van der Waals surface area contributed by atoms with Crippen LogP contribution in [0, 0.1) is 0 Å². The van der Waals surface area contributed by atoms with Gasteiger partial charge in [0.2, 0.25) is 0 Å². The summed E-state index contributed by atoms with van der Waals surface area (Å²) in [7, 11) is 0. The number of hydrazone groups is 1. The van der Waals surface area contributed by atoms with Gasteiger partial charge in [0.25, 0.3) is 0 Å². The first-order chi connectivity index (χ1) is 10.4. The van der Waals surface area contributed by atoms with E-state index in [4.69, 9.17) is 5.11 Å². The van der Waals surface area contributed by atoms with Crippen molar-refractivity contribution in [3.63, 3.8) is 0 Å². The lowest BCUT2D eigenvalue weighted by Gasteiger charge is -2.18. The van der Waals surface area contributed by atoms with E-state index < -0.39 is 5.97 Å². The molecule has 0 aliphatic heterocycles. The lowest BCUT2D eigenvalue weighted by Crippen LogP contribution is -2.10. The highest BCUT2D eigenvalue weighted by molar-refractivity contribution is 5.94. The summed E-state index contributed by atoms with van der Waals surface area (Å²) in [6, 6.07) is 14.8. The van der Waals surface area contributed by atoms with Gasteiger partial charge in [-0.25, -0.2) is 4.79 Å². The Morgan fingerprint density at radius 1 is 1.09 bits per heavy atom. The summed E-state index contributed by atoms with van der Waals surface area (Å²) >= 11 is 0. The van der Waals surface area contributed by atoms with Crippen LogP contribution in [0.5, 0.6) is 0 Å². The standard InChI is InChI=1S/C18H20N2O2/c1-18(2,3)14-10-8-13(9-11-14)12-19-20-16-7-5-4-6-15(16)17(21)22/h4-12,20H,1-3H3,(H,21,22). The molecule has 4 nitrogen and oxygen atoms in total. The molecule has 2 rings (SSSR count). The third-order valence-electron chi connectivity index (χ3n) is 3.33. The molecule has 2 aromatic carbocycles. The van der Waals surface area contributed by atoms with Crippen molar-refractivity contribution in [1.29, 1.82) is 0 Å². The minimum absolute atomic E-state index is 0.119. The zero-order valence-electron chi connectivity index (χ0n) is 13.0. The van der Waals surface area contributed by atoms with Gasteiger partial charge in [-0.3, -0.25) is 5.43 Å². The van der Waals surface area contributed by atoms with Crippen molar-refractivity contribution in [3.8, 4) is 0 Å². The van der Waals surface area contributed by atoms with Gasteiger partial charge in [-0.2, -0.15) is 5.10 Å². The SMILES string of the molecule is CC(C)(C)c1ccc(C=NNc2ccccc2C(=O)O)cc1. The molecule has 0 aliphatic carbocycles. The van der Waals surface area contributed by atoms with Crippen LogP contribution >= 0.6 is 0 Å². The fraction of sp³-hybridized carbons (Fsp3) is 0.222. The van der Waals surface area contributed by atoms with Crippen molar-refractivity contribution in [1.82, 2.24) is 0 Å². The summed E-state index contributed by atoms with van der Waals surface area (Å²) in [5.41, 5.74) is 5.77. The molecule has 0 amide bonds. The topological polar surface area (TPSA) is 61.7 Å². The summed E-state index contributed by atoms with van der Waals surface area (Å²) in [6.45, 7) is 6.50. The van der Waals surface area contributed by atoms with Crippen molar-refractivity contribution in [2.24, 2.45) is 5.10 Å². The quantitative estimate of drug-likeness (QED) is 0.658. The number of anilines is 1. The van der Waals surface area contributed by atoms with Gasteiger partial charge in [0.1, 0.15) is 0 Å². The van der Waals surface area contributed by atoms with Crippen molar-refractivity contribution < 1.29 is 9.90 Å². The highest BCUT2D eigenvalue weighted by Crippen LogP contribution is 2.21. The van der Waals surface area contributed by atoms with Crippen LogP contribution in [0.25, 0.3) is 0 Å². The number of carboxylic acid groups (broad SMARTS) is 1. The van der Waals surface area contributed by atoms with Crippen LogP contribution in [0.4, 0.5) is 5.69 Å². The summed E-state index contributed by atoms with van der Waals surface area (Å²) in [6.07, 6.45) is 1.67. The molecular weight excluding hydrogens is 276 g/mol. The number of carboxylic acids is 1. The lowest BCUT2D eigenvalue weighted by molar-refractivity contribution is 0.0698. The van der Waals surface area contributed by atoms with Crippen LogP contribution in [0.1, 0.15) is 42.3 Å². The summed E-state index contributed by atoms with van der Waals surface area (Å²) in [5, 5.41) is 13.2. The van der Waals surface area contributed by atoms with Crippen LogP contribution in [-0.4, -0.2) is 17.3 Å². The second kappa shape index (κ2) is 6.43. The van der Waals surface area contributed by atoms with Crippen molar-refractivity contribution in [2.75, 3.05) is 5.43 Å². The predicted octanol–water partition coefficient (Wildman–Crippen LogP) is 4.13. The molecule has 0 spiro atoms. The van der Waals surface area contributed by atoms with E-state index >= 15 is 0 Å². The summed E-state index contributed by atoms with van der Waals surface area (Å²) < 4.78 is 0. The average molecular weight is 296 g/mol. The molecule has 4 heteroatoms. The van der Waals surface area contributed by atoms with Crippen LogP contribution < -0.4 is 5.43 Å². The molecule has 0 atom stereocenters. The van der Waals surface area contributed by atoms with Gasteiger partial charge >= 0.3 is 5.97 Å². The molecule has 0 saturated carbocycles. The Bertz CT molecular complexity index is 683. The van der Waals surface area contributed by atoms with Crippen LogP contribution in [0.3, 0.4) is 0 Å². The molecular formula is C18H20N2O2. The van der Waals surface area contributed by atoms with Gasteiger partial charge in [0.05, 0.1) is 17.5 Å². The van der Waals surface area contributed by atoms with Gasteiger partial charge in [-0.1, -0.05) is 57.2 Å². The van der Waals surface area contributed by atoms with Gasteiger partial charge in [-0.05, 0) is 28.7 Å². The Balaban J connectivity index is 2.09. The largest absolute Gasteiger partial charge is 0.478 e. The first-order valence-corrected chi connectivity index (χ1v) is 7.10. The summed E-state index contributed by atoms with van der Waals surface area (Å²) in [5.74, 6) is -0.979. The Morgan fingerprint density at radius 3 is 2.32 bits per heavy atom.